The molecule has 0 saturated carbocycles. The highest BCUT2D eigenvalue weighted by molar-refractivity contribution is 5.63. The van der Waals surface area contributed by atoms with Crippen molar-refractivity contribution in [1.82, 2.24) is 9.78 Å². The number of nitriles is 1. The molecule has 0 amide bonds. The van der Waals surface area contributed by atoms with Crippen LogP contribution in [0.5, 0.6) is 0 Å². The monoisotopic (exact) mass is 239 g/mol. The Hall–Kier alpha value is -2.08. The van der Waals surface area contributed by atoms with E-state index in [0.29, 0.717) is 12.3 Å². The van der Waals surface area contributed by atoms with Crippen molar-refractivity contribution in [3.8, 4) is 17.3 Å². The summed E-state index contributed by atoms with van der Waals surface area (Å²) in [5.74, 6) is 0.529. The van der Waals surface area contributed by atoms with Gasteiger partial charge < -0.3 is 0 Å². The molecule has 92 valence electrons. The zero-order valence-electron chi connectivity index (χ0n) is 11.0. The normalized spacial score (nSPS) is 10.6. The minimum Gasteiger partial charge on any atom is -0.275 e. The second-order valence-electron chi connectivity index (χ2n) is 4.79. The molecule has 0 radical (unpaired) electrons. The lowest BCUT2D eigenvalue weighted by Crippen LogP contribution is -1.90. The lowest BCUT2D eigenvalue weighted by Gasteiger charge is -2.06. The van der Waals surface area contributed by atoms with Crippen LogP contribution in [0, 0.1) is 11.3 Å². The van der Waals surface area contributed by atoms with Gasteiger partial charge in [-0.2, -0.15) is 10.4 Å². The summed E-state index contributed by atoms with van der Waals surface area (Å²) in [4.78, 5) is 0. The molecular formula is C15H17N3. The van der Waals surface area contributed by atoms with Gasteiger partial charge in [0.15, 0.2) is 0 Å². The van der Waals surface area contributed by atoms with E-state index >= 15 is 0 Å². The van der Waals surface area contributed by atoms with Gasteiger partial charge in [-0.25, -0.2) is 0 Å². The number of nitrogens with zero attached hydrogens (tertiary/aromatic N) is 3. The highest BCUT2D eigenvalue weighted by atomic mass is 15.2. The fourth-order valence-electron chi connectivity index (χ4n) is 2.02. The summed E-state index contributed by atoms with van der Waals surface area (Å²) in [5.41, 5.74) is 4.29. The first-order chi connectivity index (χ1) is 8.61. The molecular weight excluding hydrogens is 222 g/mol. The molecule has 0 bridgehead atoms. The lowest BCUT2D eigenvalue weighted by atomic mass is 9.99. The minimum atomic E-state index is 0.398. The molecule has 2 aromatic rings. The third kappa shape index (κ3) is 2.43. The van der Waals surface area contributed by atoms with Gasteiger partial charge in [-0.05, 0) is 11.5 Å². The predicted molar refractivity (Wildman–Crippen MR) is 72.1 cm³/mol. The summed E-state index contributed by atoms with van der Waals surface area (Å²) in [6.07, 6.45) is 2.31. The van der Waals surface area contributed by atoms with Gasteiger partial charge in [-0.1, -0.05) is 38.1 Å². The Kier molecular flexibility index (Phi) is 3.47. The summed E-state index contributed by atoms with van der Waals surface area (Å²) in [5, 5.41) is 13.3. The van der Waals surface area contributed by atoms with E-state index in [1.807, 2.05) is 13.2 Å². The zero-order valence-corrected chi connectivity index (χ0v) is 11.0. The third-order valence-corrected chi connectivity index (χ3v) is 3.02. The fraction of sp³-hybridized carbons (Fsp3) is 0.333. The maximum atomic E-state index is 8.83. The largest absolute Gasteiger partial charge is 0.275 e. The average Bonchev–Trinajstić information content (AvgIpc) is 2.71. The molecule has 0 spiro atoms. The van der Waals surface area contributed by atoms with Crippen molar-refractivity contribution in [3.05, 3.63) is 41.6 Å². The van der Waals surface area contributed by atoms with Gasteiger partial charge in [-0.3, -0.25) is 4.68 Å². The summed E-state index contributed by atoms with van der Waals surface area (Å²) in [6, 6.07) is 10.6. The van der Waals surface area contributed by atoms with Crippen LogP contribution in [0.25, 0.3) is 11.3 Å². The topological polar surface area (TPSA) is 41.6 Å². The van der Waals surface area contributed by atoms with Gasteiger partial charge in [0, 0.05) is 24.4 Å². The van der Waals surface area contributed by atoms with Crippen LogP contribution in [-0.2, 0) is 13.5 Å². The predicted octanol–water partition coefficient (Wildman–Crippen LogP) is 3.28. The van der Waals surface area contributed by atoms with E-state index < -0.39 is 0 Å². The van der Waals surface area contributed by atoms with Crippen LogP contribution in [0.4, 0.5) is 0 Å². The molecule has 0 aliphatic rings. The number of hydrogen-bond acceptors (Lipinski definition) is 2. The van der Waals surface area contributed by atoms with E-state index in [2.05, 4.69) is 49.3 Å². The summed E-state index contributed by atoms with van der Waals surface area (Å²) >= 11 is 0. The molecule has 3 nitrogen and oxygen atoms in total. The van der Waals surface area contributed by atoms with Crippen LogP contribution < -0.4 is 0 Å². The molecule has 0 saturated heterocycles. The van der Waals surface area contributed by atoms with Crippen LogP contribution in [0.15, 0.2) is 30.5 Å². The van der Waals surface area contributed by atoms with Crippen molar-refractivity contribution in [2.24, 2.45) is 7.05 Å². The second kappa shape index (κ2) is 5.05. The maximum Gasteiger partial charge on any atom is 0.0965 e. The number of aromatic nitrogens is 2. The minimum absolute atomic E-state index is 0.398. The number of hydrogen-bond donors (Lipinski definition) is 0. The van der Waals surface area contributed by atoms with Crippen molar-refractivity contribution in [2.75, 3.05) is 0 Å². The Bertz CT molecular complexity index is 571. The van der Waals surface area contributed by atoms with Gasteiger partial charge in [0.1, 0.15) is 0 Å². The Morgan fingerprint density at radius 2 is 1.94 bits per heavy atom. The van der Waals surface area contributed by atoms with E-state index in [0.717, 1.165) is 16.8 Å². The van der Waals surface area contributed by atoms with Crippen molar-refractivity contribution in [2.45, 2.75) is 26.2 Å². The molecule has 0 aliphatic carbocycles. The molecule has 1 heterocycles. The average molecular weight is 239 g/mol. The molecule has 0 fully saturated rings. The number of aryl methyl sites for hydroxylation is 1. The third-order valence-electron chi connectivity index (χ3n) is 3.02. The van der Waals surface area contributed by atoms with E-state index in [1.54, 1.807) is 4.68 Å². The first-order valence-corrected chi connectivity index (χ1v) is 6.11. The standard InChI is InChI=1S/C15H17N3/c1-11(2)12-4-6-13(7-5-12)15-14(8-9-16)10-18(3)17-15/h4-7,10-11H,8H2,1-3H3. The highest BCUT2D eigenvalue weighted by Crippen LogP contribution is 2.24. The molecule has 2 rings (SSSR count). The summed E-state index contributed by atoms with van der Waals surface area (Å²) in [6.45, 7) is 4.35. The van der Waals surface area contributed by atoms with Gasteiger partial charge >= 0.3 is 0 Å². The van der Waals surface area contributed by atoms with Crippen LogP contribution >= 0.6 is 0 Å². The number of rotatable bonds is 3. The molecule has 18 heavy (non-hydrogen) atoms. The lowest BCUT2D eigenvalue weighted by molar-refractivity contribution is 0.770. The van der Waals surface area contributed by atoms with E-state index in [9.17, 15) is 0 Å². The number of benzene rings is 1. The Morgan fingerprint density at radius 1 is 1.28 bits per heavy atom. The Morgan fingerprint density at radius 3 is 2.50 bits per heavy atom. The van der Waals surface area contributed by atoms with E-state index in [1.165, 1.54) is 5.56 Å². The quantitative estimate of drug-likeness (QED) is 0.824. The second-order valence-corrected chi connectivity index (χ2v) is 4.79. The molecule has 0 N–H and O–H groups in total. The maximum absolute atomic E-state index is 8.83. The van der Waals surface area contributed by atoms with Crippen LogP contribution in [0.2, 0.25) is 0 Å². The van der Waals surface area contributed by atoms with Crippen molar-refractivity contribution >= 4 is 0 Å². The molecule has 0 aliphatic heterocycles. The highest BCUT2D eigenvalue weighted by Gasteiger charge is 2.10. The molecule has 0 unspecified atom stereocenters. The molecule has 1 aromatic heterocycles. The van der Waals surface area contributed by atoms with E-state index in [4.69, 9.17) is 5.26 Å². The van der Waals surface area contributed by atoms with Crippen LogP contribution in [0.3, 0.4) is 0 Å². The van der Waals surface area contributed by atoms with E-state index in [-0.39, 0.29) is 0 Å². The van der Waals surface area contributed by atoms with Crippen molar-refractivity contribution in [3.63, 3.8) is 0 Å². The van der Waals surface area contributed by atoms with Gasteiger partial charge in [0.2, 0.25) is 0 Å². The zero-order chi connectivity index (χ0) is 13.1. The summed E-state index contributed by atoms with van der Waals surface area (Å²) in [7, 11) is 1.88. The fourth-order valence-corrected chi connectivity index (χ4v) is 2.02. The molecule has 1 aromatic carbocycles. The van der Waals surface area contributed by atoms with Crippen LogP contribution in [-0.4, -0.2) is 9.78 Å². The van der Waals surface area contributed by atoms with Crippen molar-refractivity contribution < 1.29 is 0 Å². The Balaban J connectivity index is 2.39. The molecule has 0 atom stereocenters. The van der Waals surface area contributed by atoms with Crippen LogP contribution in [0.1, 0.15) is 30.9 Å². The van der Waals surface area contributed by atoms with Gasteiger partial charge in [-0.15, -0.1) is 0 Å². The van der Waals surface area contributed by atoms with Gasteiger partial charge in [0.25, 0.3) is 0 Å². The smallest absolute Gasteiger partial charge is 0.0965 e. The molecule has 3 heteroatoms. The first kappa shape index (κ1) is 12.4. The summed E-state index contributed by atoms with van der Waals surface area (Å²) < 4.78 is 1.76. The Labute approximate surface area is 108 Å². The van der Waals surface area contributed by atoms with Gasteiger partial charge in [0.05, 0.1) is 18.2 Å². The SMILES string of the molecule is CC(C)c1ccc(-c2nn(C)cc2CC#N)cc1. The first-order valence-electron chi connectivity index (χ1n) is 6.11. The van der Waals surface area contributed by atoms with Crippen molar-refractivity contribution in [1.29, 1.82) is 5.26 Å².